The largest absolute Gasteiger partial charge is 0.356 e. The maximum Gasteiger partial charge on any atom is 0.165 e. The van der Waals surface area contributed by atoms with Gasteiger partial charge in [0.1, 0.15) is 10.6 Å². The van der Waals surface area contributed by atoms with Crippen LogP contribution in [-0.4, -0.2) is 28.0 Å². The van der Waals surface area contributed by atoms with Crippen LogP contribution in [-0.2, 0) is 0 Å². The molecule has 0 spiro atoms. The van der Waals surface area contributed by atoms with Crippen LogP contribution in [0.25, 0.3) is 32.4 Å². The second-order valence-corrected chi connectivity index (χ2v) is 6.65. The highest BCUT2D eigenvalue weighted by molar-refractivity contribution is 7.16. The molecule has 5 heteroatoms. The quantitative estimate of drug-likeness (QED) is 0.557. The van der Waals surface area contributed by atoms with Crippen molar-refractivity contribution < 1.29 is 0 Å². The lowest BCUT2D eigenvalue weighted by Crippen LogP contribution is -2.37. The van der Waals surface area contributed by atoms with E-state index in [1.807, 2.05) is 24.5 Å². The molecule has 4 heterocycles. The Balaban J connectivity index is 1.79. The van der Waals surface area contributed by atoms with E-state index in [4.69, 9.17) is 9.97 Å². The predicted octanol–water partition coefficient (Wildman–Crippen LogP) is 4.12. The zero-order valence-electron chi connectivity index (χ0n) is 12.4. The van der Waals surface area contributed by atoms with Gasteiger partial charge in [-0.1, -0.05) is 24.3 Å². The molecule has 1 fully saturated rings. The third-order valence-electron chi connectivity index (χ3n) is 4.37. The summed E-state index contributed by atoms with van der Waals surface area (Å²) in [5.41, 5.74) is 1.00. The van der Waals surface area contributed by atoms with Crippen LogP contribution in [0.4, 0.5) is 5.82 Å². The van der Waals surface area contributed by atoms with Gasteiger partial charge < -0.3 is 4.90 Å². The number of benzene rings is 1. The van der Waals surface area contributed by atoms with E-state index in [1.54, 1.807) is 11.3 Å². The van der Waals surface area contributed by atoms with Gasteiger partial charge >= 0.3 is 0 Å². The smallest absolute Gasteiger partial charge is 0.165 e. The standard InChI is InChI=1S/C18H14N4S/c1-2-5-13-12(4-1)10-19-11-15(13)16-20-17(22-7-3-8-22)14-6-9-23-18(14)21-16/h1-2,4-6,9-11H,3,7-8H2. The lowest BCUT2D eigenvalue weighted by Gasteiger charge is -2.32. The van der Waals surface area contributed by atoms with Crippen molar-refractivity contribution in [2.45, 2.75) is 6.42 Å². The summed E-state index contributed by atoms with van der Waals surface area (Å²) in [4.78, 5) is 17.4. The van der Waals surface area contributed by atoms with Gasteiger partial charge in [-0.15, -0.1) is 11.3 Å². The summed E-state index contributed by atoms with van der Waals surface area (Å²) in [6.45, 7) is 2.16. The number of anilines is 1. The molecule has 0 atom stereocenters. The first-order valence-electron chi connectivity index (χ1n) is 7.73. The summed E-state index contributed by atoms with van der Waals surface area (Å²) in [7, 11) is 0. The second-order valence-electron chi connectivity index (χ2n) is 5.76. The van der Waals surface area contributed by atoms with E-state index >= 15 is 0 Å². The first-order chi connectivity index (χ1) is 11.4. The van der Waals surface area contributed by atoms with Crippen LogP contribution in [0.3, 0.4) is 0 Å². The van der Waals surface area contributed by atoms with Crippen LogP contribution in [0.15, 0.2) is 48.1 Å². The average Bonchev–Trinajstić information content (AvgIpc) is 3.01. The average molecular weight is 318 g/mol. The van der Waals surface area contributed by atoms with Crippen molar-refractivity contribution in [1.82, 2.24) is 15.0 Å². The number of fused-ring (bicyclic) bond motifs is 2. The molecule has 1 aliphatic heterocycles. The van der Waals surface area contributed by atoms with Crippen LogP contribution >= 0.6 is 11.3 Å². The molecular formula is C18H14N4S. The van der Waals surface area contributed by atoms with Gasteiger partial charge in [0.25, 0.3) is 0 Å². The Hall–Kier alpha value is -2.53. The minimum atomic E-state index is 0.770. The lowest BCUT2D eigenvalue weighted by molar-refractivity contribution is 0.612. The molecule has 112 valence electrons. The fourth-order valence-corrected chi connectivity index (χ4v) is 3.78. The van der Waals surface area contributed by atoms with Gasteiger partial charge in [0, 0.05) is 36.4 Å². The third kappa shape index (κ3) is 2.00. The topological polar surface area (TPSA) is 41.9 Å². The summed E-state index contributed by atoms with van der Waals surface area (Å²) in [5.74, 6) is 1.83. The number of hydrogen-bond acceptors (Lipinski definition) is 5. The molecule has 0 radical (unpaired) electrons. The molecule has 0 aliphatic carbocycles. The van der Waals surface area contributed by atoms with Crippen molar-refractivity contribution in [1.29, 1.82) is 0 Å². The summed E-state index contributed by atoms with van der Waals surface area (Å²) in [6.07, 6.45) is 5.00. The molecule has 1 saturated heterocycles. The van der Waals surface area contributed by atoms with E-state index in [0.717, 1.165) is 51.3 Å². The minimum Gasteiger partial charge on any atom is -0.356 e. The van der Waals surface area contributed by atoms with Crippen molar-refractivity contribution in [3.8, 4) is 11.4 Å². The van der Waals surface area contributed by atoms with Crippen LogP contribution in [0.5, 0.6) is 0 Å². The number of aromatic nitrogens is 3. The highest BCUT2D eigenvalue weighted by atomic mass is 32.1. The number of pyridine rings is 1. The van der Waals surface area contributed by atoms with E-state index < -0.39 is 0 Å². The molecule has 3 aromatic heterocycles. The predicted molar refractivity (Wildman–Crippen MR) is 95.0 cm³/mol. The molecule has 0 saturated carbocycles. The highest BCUT2D eigenvalue weighted by Crippen LogP contribution is 2.34. The Morgan fingerprint density at radius 2 is 1.87 bits per heavy atom. The van der Waals surface area contributed by atoms with Crippen molar-refractivity contribution in [2.75, 3.05) is 18.0 Å². The fourth-order valence-electron chi connectivity index (χ4n) is 3.02. The first kappa shape index (κ1) is 13.0. The lowest BCUT2D eigenvalue weighted by atomic mass is 10.1. The van der Waals surface area contributed by atoms with Gasteiger partial charge in [-0.25, -0.2) is 9.97 Å². The molecule has 0 N–H and O–H groups in total. The normalized spacial score (nSPS) is 14.3. The van der Waals surface area contributed by atoms with Gasteiger partial charge in [0.2, 0.25) is 0 Å². The van der Waals surface area contributed by atoms with Crippen LogP contribution in [0, 0.1) is 0 Å². The second kappa shape index (κ2) is 4.99. The number of hydrogen-bond donors (Lipinski definition) is 0. The van der Waals surface area contributed by atoms with Gasteiger partial charge in [0.15, 0.2) is 5.82 Å². The summed E-state index contributed by atoms with van der Waals surface area (Å²) in [5, 5.41) is 5.51. The van der Waals surface area contributed by atoms with E-state index in [0.29, 0.717) is 0 Å². The van der Waals surface area contributed by atoms with E-state index in [-0.39, 0.29) is 0 Å². The summed E-state index contributed by atoms with van der Waals surface area (Å²) < 4.78 is 0. The number of thiophene rings is 1. The zero-order valence-corrected chi connectivity index (χ0v) is 13.3. The Kier molecular flexibility index (Phi) is 2.81. The van der Waals surface area contributed by atoms with Crippen LogP contribution < -0.4 is 4.90 Å². The summed E-state index contributed by atoms with van der Waals surface area (Å²) >= 11 is 1.67. The van der Waals surface area contributed by atoms with Gasteiger partial charge in [-0.2, -0.15) is 0 Å². The maximum absolute atomic E-state index is 4.90. The molecule has 0 bridgehead atoms. The Morgan fingerprint density at radius 3 is 2.74 bits per heavy atom. The van der Waals surface area contributed by atoms with Gasteiger partial charge in [-0.3, -0.25) is 4.98 Å². The molecule has 4 aromatic rings. The monoisotopic (exact) mass is 318 g/mol. The maximum atomic E-state index is 4.90. The van der Waals surface area contributed by atoms with Crippen molar-refractivity contribution in [2.24, 2.45) is 0 Å². The minimum absolute atomic E-state index is 0.770. The molecule has 4 nitrogen and oxygen atoms in total. The van der Waals surface area contributed by atoms with Crippen LogP contribution in [0.1, 0.15) is 6.42 Å². The number of rotatable bonds is 2. The SMILES string of the molecule is c1ccc2c(-c3nc(N4CCC4)c4ccsc4n3)cncc2c1. The Bertz CT molecular complexity index is 1010. The first-order valence-corrected chi connectivity index (χ1v) is 8.61. The van der Waals surface area contributed by atoms with Gasteiger partial charge in [-0.05, 0) is 23.3 Å². The van der Waals surface area contributed by atoms with Crippen molar-refractivity contribution in [3.63, 3.8) is 0 Å². The number of nitrogens with zero attached hydrogens (tertiary/aromatic N) is 4. The van der Waals surface area contributed by atoms with Crippen molar-refractivity contribution >= 4 is 38.1 Å². The third-order valence-corrected chi connectivity index (χ3v) is 5.18. The molecular weight excluding hydrogens is 304 g/mol. The molecule has 23 heavy (non-hydrogen) atoms. The molecule has 1 aliphatic rings. The Labute approximate surface area is 137 Å². The molecule has 0 unspecified atom stereocenters. The van der Waals surface area contributed by atoms with E-state index in [2.05, 4.69) is 33.5 Å². The summed E-state index contributed by atoms with van der Waals surface area (Å²) in [6, 6.07) is 10.4. The van der Waals surface area contributed by atoms with E-state index in [9.17, 15) is 0 Å². The fraction of sp³-hybridized carbons (Fsp3) is 0.167. The molecule has 5 rings (SSSR count). The Morgan fingerprint density at radius 1 is 0.957 bits per heavy atom. The van der Waals surface area contributed by atoms with E-state index in [1.165, 1.54) is 6.42 Å². The van der Waals surface area contributed by atoms with Gasteiger partial charge in [0.05, 0.1) is 5.39 Å². The molecule has 1 aromatic carbocycles. The van der Waals surface area contributed by atoms with Crippen molar-refractivity contribution in [3.05, 3.63) is 48.1 Å². The highest BCUT2D eigenvalue weighted by Gasteiger charge is 2.21. The molecule has 0 amide bonds. The zero-order chi connectivity index (χ0) is 15.2. The van der Waals surface area contributed by atoms with Crippen LogP contribution in [0.2, 0.25) is 0 Å².